The maximum atomic E-state index is 16.4. The van der Waals surface area contributed by atoms with Gasteiger partial charge in [-0.1, -0.05) is 156 Å². The van der Waals surface area contributed by atoms with Gasteiger partial charge in [-0.15, -0.1) is 0 Å². The molecule has 1 heterocycles. The summed E-state index contributed by atoms with van der Waals surface area (Å²) < 4.78 is 32.7. The van der Waals surface area contributed by atoms with Crippen LogP contribution >= 0.6 is 25.9 Å². The van der Waals surface area contributed by atoms with E-state index in [2.05, 4.69) is 5.16 Å². The monoisotopic (exact) mass is 647 g/mol. The number of hydrogen-bond acceptors (Lipinski definition) is 4. The van der Waals surface area contributed by atoms with E-state index in [0.717, 1.165) is 38.9 Å². The van der Waals surface area contributed by atoms with Crippen LogP contribution in [0.4, 0.5) is 0 Å². The lowest BCUT2D eigenvalue weighted by molar-refractivity contribution is 0.0293. The standard InChI is InChI=1S/C38H32ClNO3P2/c39-33-24-14-13-23-30(33)35-34-31-25-32(36(34)43-40-35)38(45(42,28-19-9-3-10-20-28)29-21-11-4-12-22-29)37(31)44(41,26-15-5-1-6-16-26)27-17-7-2-8-18-27/h1-24,31-32,34,36-38H,25H2/t31-,32-,34+,36+,37-,38+/m0/s1. The zero-order chi connectivity index (χ0) is 30.6. The topological polar surface area (TPSA) is 55.7 Å². The molecule has 7 heteroatoms. The van der Waals surface area contributed by atoms with Gasteiger partial charge in [-0.05, 0) is 18.4 Å². The zero-order valence-corrected chi connectivity index (χ0v) is 27.0. The minimum Gasteiger partial charge on any atom is -0.391 e. The van der Waals surface area contributed by atoms with Gasteiger partial charge in [0.1, 0.15) is 20.4 Å². The minimum atomic E-state index is -3.40. The van der Waals surface area contributed by atoms with Crippen molar-refractivity contribution in [2.24, 2.45) is 22.9 Å². The third-order valence-corrected chi connectivity index (χ3v) is 18.1. The predicted molar refractivity (Wildman–Crippen MR) is 185 cm³/mol. The van der Waals surface area contributed by atoms with Gasteiger partial charge in [0.05, 0.1) is 5.71 Å². The number of benzene rings is 5. The number of halogens is 1. The second-order valence-electron chi connectivity index (χ2n) is 12.3. The molecule has 1 aliphatic heterocycles. The Kier molecular flexibility index (Phi) is 7.22. The molecule has 0 spiro atoms. The fraction of sp³-hybridized carbons (Fsp3) is 0.184. The molecular formula is C38H32ClNO3P2. The van der Waals surface area contributed by atoms with E-state index in [1.54, 1.807) is 0 Å². The third kappa shape index (κ3) is 4.38. The summed E-state index contributed by atoms with van der Waals surface area (Å²) in [7, 11) is -6.79. The lowest BCUT2D eigenvalue weighted by Crippen LogP contribution is -2.50. The van der Waals surface area contributed by atoms with Crippen LogP contribution in [0.15, 0.2) is 151 Å². The van der Waals surface area contributed by atoms with Gasteiger partial charge < -0.3 is 14.0 Å². The molecule has 3 aliphatic rings. The summed E-state index contributed by atoms with van der Waals surface area (Å²) in [5.41, 5.74) is 0.802. The molecule has 45 heavy (non-hydrogen) atoms. The van der Waals surface area contributed by atoms with Crippen LogP contribution in [-0.2, 0) is 14.0 Å². The average Bonchev–Trinajstić information content (AvgIpc) is 3.82. The van der Waals surface area contributed by atoms with Crippen LogP contribution in [-0.4, -0.2) is 23.1 Å². The Morgan fingerprint density at radius 3 is 1.40 bits per heavy atom. The van der Waals surface area contributed by atoms with E-state index in [4.69, 9.17) is 16.4 Å². The van der Waals surface area contributed by atoms with Crippen LogP contribution in [0, 0.1) is 17.8 Å². The largest absolute Gasteiger partial charge is 0.391 e. The van der Waals surface area contributed by atoms with E-state index in [-0.39, 0.29) is 23.9 Å². The normalized spacial score (nSPS) is 25.4. The quantitative estimate of drug-likeness (QED) is 0.172. The van der Waals surface area contributed by atoms with E-state index in [1.165, 1.54) is 0 Å². The van der Waals surface area contributed by atoms with Crippen molar-refractivity contribution < 1.29 is 14.0 Å². The number of oxime groups is 1. The lowest BCUT2D eigenvalue weighted by atomic mass is 9.80. The highest BCUT2D eigenvalue weighted by molar-refractivity contribution is 7.83. The molecule has 0 unspecified atom stereocenters. The first-order chi connectivity index (χ1) is 22.0. The maximum Gasteiger partial charge on any atom is 0.147 e. The van der Waals surface area contributed by atoms with Gasteiger partial charge in [-0.25, -0.2) is 0 Å². The molecule has 0 aromatic heterocycles. The molecule has 0 saturated heterocycles. The molecule has 0 N–H and O–H groups in total. The smallest absolute Gasteiger partial charge is 0.147 e. The second kappa shape index (κ2) is 11.3. The van der Waals surface area contributed by atoms with Crippen LogP contribution in [0.5, 0.6) is 0 Å². The number of fused-ring (bicyclic) bond motifs is 5. The molecule has 5 aromatic rings. The molecule has 2 saturated carbocycles. The lowest BCUT2D eigenvalue weighted by Gasteiger charge is -2.44. The maximum absolute atomic E-state index is 16.4. The van der Waals surface area contributed by atoms with Crippen molar-refractivity contribution in [1.29, 1.82) is 0 Å². The molecule has 0 amide bonds. The van der Waals surface area contributed by atoms with Gasteiger partial charge in [0.15, 0.2) is 0 Å². The summed E-state index contributed by atoms with van der Waals surface area (Å²) in [6, 6.07) is 47.0. The van der Waals surface area contributed by atoms with Crippen LogP contribution < -0.4 is 21.2 Å². The van der Waals surface area contributed by atoms with Gasteiger partial charge >= 0.3 is 0 Å². The van der Waals surface area contributed by atoms with Crippen molar-refractivity contribution in [3.05, 3.63) is 156 Å². The third-order valence-electron chi connectivity index (χ3n) is 10.1. The van der Waals surface area contributed by atoms with Crippen molar-refractivity contribution in [3.63, 3.8) is 0 Å². The number of hydrogen-bond donors (Lipinski definition) is 0. The Morgan fingerprint density at radius 2 is 0.956 bits per heavy atom. The van der Waals surface area contributed by atoms with E-state index >= 15 is 9.13 Å². The van der Waals surface area contributed by atoms with Gasteiger partial charge in [0, 0.05) is 55.0 Å². The molecule has 224 valence electrons. The SMILES string of the molecule is O=P(c1ccccc1)(c1ccccc1)[C@@H]1[C@H]2C[C@@H]([C@@H]3C(c4ccccc4Cl)=NO[C@H]23)[C@@H]1P(=O)(c1ccccc1)c1ccccc1. The van der Waals surface area contributed by atoms with E-state index in [0.29, 0.717) is 5.02 Å². The molecule has 6 atom stereocenters. The highest BCUT2D eigenvalue weighted by Gasteiger charge is 2.70. The average molecular weight is 648 g/mol. The number of nitrogens with zero attached hydrogens (tertiary/aromatic N) is 1. The summed E-state index contributed by atoms with van der Waals surface area (Å²) in [5.74, 6) is -0.327. The molecular weight excluding hydrogens is 616 g/mol. The highest BCUT2D eigenvalue weighted by Crippen LogP contribution is 2.73. The fourth-order valence-electron chi connectivity index (χ4n) is 8.43. The Hall–Kier alpha value is -3.68. The van der Waals surface area contributed by atoms with Crippen LogP contribution in [0.25, 0.3) is 0 Å². The molecule has 2 fully saturated rings. The van der Waals surface area contributed by atoms with Gasteiger partial charge in [0.25, 0.3) is 0 Å². The summed E-state index contributed by atoms with van der Waals surface area (Å²) in [6.07, 6.45) is 0.477. The number of rotatable bonds is 7. The first-order valence-electron chi connectivity index (χ1n) is 15.4. The zero-order valence-electron chi connectivity index (χ0n) is 24.5. The van der Waals surface area contributed by atoms with Crippen molar-refractivity contribution in [2.45, 2.75) is 23.8 Å². The van der Waals surface area contributed by atoms with Crippen molar-refractivity contribution in [3.8, 4) is 0 Å². The molecule has 2 bridgehead atoms. The fourth-order valence-corrected chi connectivity index (χ4v) is 17.2. The van der Waals surface area contributed by atoms with Gasteiger partial charge in [-0.3, -0.25) is 0 Å². The van der Waals surface area contributed by atoms with Gasteiger partial charge in [0.2, 0.25) is 0 Å². The summed E-state index contributed by atoms with van der Waals surface area (Å²) in [4.78, 5) is 6.32. The highest BCUT2D eigenvalue weighted by atomic mass is 35.5. The second-order valence-corrected chi connectivity index (χ2v) is 18.6. The summed E-state index contributed by atoms with van der Waals surface area (Å²) in [5, 5.41) is 8.44. The van der Waals surface area contributed by atoms with Crippen LogP contribution in [0.3, 0.4) is 0 Å². The van der Waals surface area contributed by atoms with Crippen molar-refractivity contribution >= 4 is 52.8 Å². The molecule has 2 aliphatic carbocycles. The van der Waals surface area contributed by atoms with E-state index in [1.807, 2.05) is 146 Å². The Balaban J connectivity index is 1.40. The van der Waals surface area contributed by atoms with E-state index in [9.17, 15) is 0 Å². The van der Waals surface area contributed by atoms with Crippen molar-refractivity contribution in [2.75, 3.05) is 0 Å². The van der Waals surface area contributed by atoms with Gasteiger partial charge in [-0.2, -0.15) is 0 Å². The summed E-state index contributed by atoms with van der Waals surface area (Å²) in [6.45, 7) is 0. The first-order valence-corrected chi connectivity index (χ1v) is 19.4. The summed E-state index contributed by atoms with van der Waals surface area (Å²) >= 11 is 6.74. The Morgan fingerprint density at radius 1 is 0.556 bits per heavy atom. The molecule has 8 rings (SSSR count). The molecule has 0 radical (unpaired) electrons. The van der Waals surface area contributed by atoms with Crippen LogP contribution in [0.2, 0.25) is 5.02 Å². The Bertz CT molecular complexity index is 1880. The Labute approximate surface area is 268 Å². The molecule has 5 aromatic carbocycles. The predicted octanol–water partition coefficient (Wildman–Crippen LogP) is 7.47. The van der Waals surface area contributed by atoms with Crippen molar-refractivity contribution in [1.82, 2.24) is 0 Å². The van der Waals surface area contributed by atoms with E-state index < -0.39 is 25.6 Å². The first kappa shape index (κ1) is 28.8. The van der Waals surface area contributed by atoms with Crippen LogP contribution in [0.1, 0.15) is 12.0 Å². The molecule has 4 nitrogen and oxygen atoms in total. The minimum absolute atomic E-state index is 0.0884.